The van der Waals surface area contributed by atoms with Gasteiger partial charge in [-0.3, -0.25) is 4.79 Å². The van der Waals surface area contributed by atoms with Crippen molar-refractivity contribution < 1.29 is 17.9 Å². The van der Waals surface area contributed by atoms with E-state index >= 15 is 0 Å². The maximum absolute atomic E-state index is 11.9. The zero-order valence-corrected chi connectivity index (χ0v) is 20.3. The van der Waals surface area contributed by atoms with Crippen LogP contribution in [0.15, 0.2) is 35.2 Å². The molecule has 3 aromatic rings. The van der Waals surface area contributed by atoms with Crippen molar-refractivity contribution in [2.24, 2.45) is 0 Å². The molecule has 4 rings (SSSR count). The van der Waals surface area contributed by atoms with Gasteiger partial charge in [0.15, 0.2) is 9.84 Å². The summed E-state index contributed by atoms with van der Waals surface area (Å²) in [4.78, 5) is 18.6. The van der Waals surface area contributed by atoms with E-state index in [9.17, 15) is 13.2 Å². The molecule has 1 aliphatic heterocycles. The maximum atomic E-state index is 11.9. The number of aromatic nitrogens is 2. The van der Waals surface area contributed by atoms with Crippen LogP contribution >= 0.6 is 23.2 Å². The fourth-order valence-electron chi connectivity index (χ4n) is 4.12. The summed E-state index contributed by atoms with van der Waals surface area (Å²) in [6.45, 7) is 4.73. The molecule has 0 N–H and O–H groups in total. The first-order valence-electron chi connectivity index (χ1n) is 10.2. The molecule has 0 amide bonds. The van der Waals surface area contributed by atoms with Crippen molar-refractivity contribution in [3.63, 3.8) is 0 Å². The predicted molar refractivity (Wildman–Crippen MR) is 126 cm³/mol. The molecular formula is C22H23Cl2N3O4S. The Balaban J connectivity index is 1.88. The number of carbonyl (C=O) groups is 1. The Morgan fingerprint density at radius 1 is 1.19 bits per heavy atom. The van der Waals surface area contributed by atoms with E-state index in [1.807, 2.05) is 17.9 Å². The van der Waals surface area contributed by atoms with E-state index in [-0.39, 0.29) is 10.9 Å². The van der Waals surface area contributed by atoms with Gasteiger partial charge in [0, 0.05) is 31.8 Å². The average molecular weight is 496 g/mol. The van der Waals surface area contributed by atoms with E-state index in [1.165, 1.54) is 13.0 Å². The van der Waals surface area contributed by atoms with Crippen LogP contribution in [0.1, 0.15) is 38.4 Å². The van der Waals surface area contributed by atoms with Crippen LogP contribution in [0.3, 0.4) is 0 Å². The highest BCUT2D eigenvalue weighted by atomic mass is 35.5. The zero-order chi connectivity index (χ0) is 23.2. The molecule has 1 unspecified atom stereocenters. The van der Waals surface area contributed by atoms with Gasteiger partial charge in [-0.15, -0.1) is 0 Å². The number of esters is 1. The fraction of sp³-hybridized carbons (Fsp3) is 0.364. The Hall–Kier alpha value is -2.29. The van der Waals surface area contributed by atoms with Crippen LogP contribution in [0.5, 0.6) is 0 Å². The van der Waals surface area contributed by atoms with E-state index in [4.69, 9.17) is 32.9 Å². The summed E-state index contributed by atoms with van der Waals surface area (Å²) in [6, 6.07) is 8.35. The molecule has 170 valence electrons. The van der Waals surface area contributed by atoms with Crippen molar-refractivity contribution in [1.29, 1.82) is 0 Å². The van der Waals surface area contributed by atoms with Crippen molar-refractivity contribution in [3.8, 4) is 0 Å². The Kier molecular flexibility index (Phi) is 6.13. The van der Waals surface area contributed by atoms with Crippen molar-refractivity contribution >= 4 is 61.7 Å². The minimum Gasteiger partial charge on any atom is -0.458 e. The van der Waals surface area contributed by atoms with Gasteiger partial charge in [0.25, 0.3) is 0 Å². The van der Waals surface area contributed by atoms with Gasteiger partial charge in [-0.1, -0.05) is 36.2 Å². The highest BCUT2D eigenvalue weighted by Crippen LogP contribution is 2.41. The molecule has 0 saturated heterocycles. The van der Waals surface area contributed by atoms with Crippen molar-refractivity contribution in [1.82, 2.24) is 9.55 Å². The number of ether oxygens (including phenoxy) is 1. The van der Waals surface area contributed by atoms with Gasteiger partial charge in [0.2, 0.25) is 5.95 Å². The average Bonchev–Trinajstić information content (AvgIpc) is 3.13. The maximum Gasteiger partial charge on any atom is 0.303 e. The van der Waals surface area contributed by atoms with Gasteiger partial charge < -0.3 is 14.2 Å². The van der Waals surface area contributed by atoms with Gasteiger partial charge in [0.05, 0.1) is 26.1 Å². The van der Waals surface area contributed by atoms with Crippen molar-refractivity contribution in [2.45, 2.75) is 44.2 Å². The molecule has 2 aromatic carbocycles. The van der Waals surface area contributed by atoms with E-state index in [0.717, 1.165) is 23.8 Å². The molecule has 0 radical (unpaired) electrons. The summed E-state index contributed by atoms with van der Waals surface area (Å²) < 4.78 is 31.4. The molecular weight excluding hydrogens is 473 g/mol. The first-order valence-corrected chi connectivity index (χ1v) is 12.9. The first-order chi connectivity index (χ1) is 15.1. The lowest BCUT2D eigenvalue weighted by Gasteiger charge is -2.30. The van der Waals surface area contributed by atoms with Crippen LogP contribution in [-0.4, -0.2) is 36.7 Å². The number of carbonyl (C=O) groups excluding carboxylic acids is 1. The molecule has 32 heavy (non-hydrogen) atoms. The smallest absolute Gasteiger partial charge is 0.303 e. The van der Waals surface area contributed by atoms with Crippen LogP contribution in [-0.2, 0) is 25.9 Å². The number of benzene rings is 2. The molecule has 10 heteroatoms. The topological polar surface area (TPSA) is 81.5 Å². The van der Waals surface area contributed by atoms with E-state index in [2.05, 4.69) is 4.57 Å². The quantitative estimate of drug-likeness (QED) is 0.446. The minimum atomic E-state index is -3.37. The normalized spacial score (nSPS) is 15.0. The molecule has 0 aliphatic carbocycles. The summed E-state index contributed by atoms with van der Waals surface area (Å²) in [5, 5.41) is 0.827. The first kappa shape index (κ1) is 22.9. The minimum absolute atomic E-state index is 0.161. The fourth-order valence-corrected chi connectivity index (χ4v) is 5.31. The molecule has 1 aromatic heterocycles. The third-order valence-corrected chi connectivity index (χ3v) is 7.24. The monoisotopic (exact) mass is 495 g/mol. The molecule has 0 fully saturated rings. The Bertz CT molecular complexity index is 1320. The van der Waals surface area contributed by atoms with Crippen LogP contribution < -0.4 is 4.90 Å². The van der Waals surface area contributed by atoms with Crippen LogP contribution in [0, 0.1) is 0 Å². The zero-order valence-electron chi connectivity index (χ0n) is 17.9. The lowest BCUT2D eigenvalue weighted by molar-refractivity contribution is -0.146. The number of fused-ring (bicyclic) bond motifs is 3. The number of rotatable bonds is 5. The van der Waals surface area contributed by atoms with Gasteiger partial charge in [-0.05, 0) is 37.1 Å². The summed E-state index contributed by atoms with van der Waals surface area (Å²) in [5.74, 6) is 0.310. The third-order valence-electron chi connectivity index (χ3n) is 5.53. The van der Waals surface area contributed by atoms with Gasteiger partial charge in [0.1, 0.15) is 11.6 Å². The number of imidazole rings is 1. The Labute approximate surface area is 196 Å². The number of sulfone groups is 1. The van der Waals surface area contributed by atoms with Gasteiger partial charge in [-0.25, -0.2) is 13.4 Å². The molecule has 0 bridgehead atoms. The van der Waals surface area contributed by atoms with Crippen molar-refractivity contribution in [3.05, 3.63) is 45.9 Å². The summed E-state index contributed by atoms with van der Waals surface area (Å²) in [7, 11) is -3.37. The SMILES string of the molecule is CCC(OC(C)=O)c1ccc(Cl)c2nc3n(c12)CCCN3c1ccc(S(C)(=O)=O)cc1Cl. The van der Waals surface area contributed by atoms with Crippen molar-refractivity contribution in [2.75, 3.05) is 17.7 Å². The molecule has 1 aliphatic rings. The standard InChI is InChI=1S/C22H23Cl2N3O4S/c1-4-19(31-13(2)28)15-7-8-16(23)20-21(15)27-11-5-10-26(22(27)25-20)18-9-6-14(12-17(18)24)32(3,29)30/h6-9,12,19H,4-5,10-11H2,1-3H3. The number of hydrogen-bond acceptors (Lipinski definition) is 6. The van der Waals surface area contributed by atoms with E-state index in [1.54, 1.807) is 18.2 Å². The van der Waals surface area contributed by atoms with Crippen LogP contribution in [0.4, 0.5) is 11.6 Å². The number of nitrogens with zero attached hydrogens (tertiary/aromatic N) is 3. The summed E-state index contributed by atoms with van der Waals surface area (Å²) in [6.07, 6.45) is 2.16. The predicted octanol–water partition coefficient (Wildman–Crippen LogP) is 5.30. The van der Waals surface area contributed by atoms with Crippen LogP contribution in [0.2, 0.25) is 10.0 Å². The second-order valence-electron chi connectivity index (χ2n) is 7.79. The Morgan fingerprint density at radius 3 is 2.56 bits per heavy atom. The van der Waals surface area contributed by atoms with E-state index < -0.39 is 15.9 Å². The molecule has 1 atom stereocenters. The third kappa shape index (κ3) is 4.07. The largest absolute Gasteiger partial charge is 0.458 e. The second kappa shape index (κ2) is 8.57. The molecule has 2 heterocycles. The highest BCUT2D eigenvalue weighted by molar-refractivity contribution is 7.90. The second-order valence-corrected chi connectivity index (χ2v) is 10.6. The number of aryl methyl sites for hydroxylation is 1. The summed E-state index contributed by atoms with van der Waals surface area (Å²) in [5.41, 5.74) is 2.97. The summed E-state index contributed by atoms with van der Waals surface area (Å²) >= 11 is 13.0. The van der Waals surface area contributed by atoms with E-state index in [0.29, 0.717) is 46.7 Å². The number of halogens is 2. The lowest BCUT2D eigenvalue weighted by Crippen LogP contribution is -2.28. The molecule has 0 spiro atoms. The van der Waals surface area contributed by atoms with Gasteiger partial charge in [-0.2, -0.15) is 0 Å². The molecule has 0 saturated carbocycles. The van der Waals surface area contributed by atoms with Gasteiger partial charge >= 0.3 is 5.97 Å². The number of anilines is 2. The molecule has 7 nitrogen and oxygen atoms in total. The number of hydrogen-bond donors (Lipinski definition) is 0. The highest BCUT2D eigenvalue weighted by Gasteiger charge is 2.29. The Morgan fingerprint density at radius 2 is 1.94 bits per heavy atom. The lowest BCUT2D eigenvalue weighted by atomic mass is 10.0. The van der Waals surface area contributed by atoms with Crippen LogP contribution in [0.25, 0.3) is 11.0 Å².